The van der Waals surface area contributed by atoms with E-state index in [9.17, 15) is 4.79 Å². The number of nitrogens with zero attached hydrogens (tertiary/aromatic N) is 2. The van der Waals surface area contributed by atoms with Crippen LogP contribution < -0.4 is 5.32 Å². The van der Waals surface area contributed by atoms with Crippen LogP contribution in [0.15, 0.2) is 83.5 Å². The minimum absolute atomic E-state index is 0.170. The van der Waals surface area contributed by atoms with Crippen LogP contribution in [0.25, 0.3) is 44.1 Å². The van der Waals surface area contributed by atoms with Crippen molar-refractivity contribution in [1.82, 2.24) is 25.3 Å². The quantitative estimate of drug-likeness (QED) is 0.282. The van der Waals surface area contributed by atoms with Gasteiger partial charge in [0.1, 0.15) is 5.82 Å². The Bertz CT molecular complexity index is 1630. The fourth-order valence-corrected chi connectivity index (χ4v) is 4.52. The summed E-state index contributed by atoms with van der Waals surface area (Å²) in [6, 6.07) is 23.4. The maximum atomic E-state index is 13.3. The Morgan fingerprint density at radius 1 is 0.879 bits per heavy atom. The first-order valence-electron chi connectivity index (χ1n) is 10.5. The molecule has 3 aromatic carbocycles. The first-order chi connectivity index (χ1) is 16.2. The van der Waals surface area contributed by atoms with E-state index in [1.807, 2.05) is 72.9 Å². The number of nitrogens with one attached hydrogen (secondary N) is 3. The molecule has 6 rings (SSSR count). The van der Waals surface area contributed by atoms with Gasteiger partial charge in [-0.25, -0.2) is 9.97 Å². The van der Waals surface area contributed by atoms with Crippen molar-refractivity contribution >= 4 is 54.7 Å². The minimum Gasteiger partial charge on any atom is -0.360 e. The van der Waals surface area contributed by atoms with E-state index in [0.29, 0.717) is 17.9 Å². The summed E-state index contributed by atoms with van der Waals surface area (Å²) in [5, 5.41) is 4.86. The maximum absolute atomic E-state index is 13.3. The second-order valence-electron chi connectivity index (χ2n) is 7.85. The molecule has 160 valence electrons. The van der Waals surface area contributed by atoms with Gasteiger partial charge in [-0.1, -0.05) is 46.3 Å². The number of imidazole rings is 1. The van der Waals surface area contributed by atoms with Crippen LogP contribution in [0.4, 0.5) is 0 Å². The number of para-hydroxylation sites is 3. The second-order valence-corrected chi connectivity index (χ2v) is 8.76. The molecule has 33 heavy (non-hydrogen) atoms. The van der Waals surface area contributed by atoms with Crippen molar-refractivity contribution in [3.8, 4) is 11.3 Å². The van der Waals surface area contributed by atoms with Gasteiger partial charge >= 0.3 is 0 Å². The van der Waals surface area contributed by atoms with Crippen LogP contribution >= 0.6 is 15.9 Å². The van der Waals surface area contributed by atoms with Gasteiger partial charge in [0.2, 0.25) is 0 Å². The van der Waals surface area contributed by atoms with Crippen LogP contribution in [0, 0.1) is 0 Å². The molecular formula is C26H18BrN5O. The van der Waals surface area contributed by atoms with Gasteiger partial charge in [-0.3, -0.25) is 4.79 Å². The molecule has 0 atom stereocenters. The Kier molecular flexibility index (Phi) is 4.69. The molecule has 1 amide bonds. The molecule has 0 aliphatic heterocycles. The van der Waals surface area contributed by atoms with Gasteiger partial charge in [-0.05, 0) is 42.5 Å². The molecule has 0 saturated carbocycles. The second kappa shape index (κ2) is 7.86. The zero-order chi connectivity index (χ0) is 22.4. The highest BCUT2D eigenvalue weighted by atomic mass is 79.9. The standard InChI is InChI=1S/C26H18BrN5O/c27-15-9-10-20-17(11-15)19(13-28-20)24-12-18(16-5-1-2-6-21(16)30-24)26(33)29-14-25-31-22-7-3-4-8-23(22)32-25/h1-13,28H,14H2,(H,29,33)(H,31,32). The number of fused-ring (bicyclic) bond motifs is 3. The molecule has 6 nitrogen and oxygen atoms in total. The largest absolute Gasteiger partial charge is 0.360 e. The van der Waals surface area contributed by atoms with Crippen molar-refractivity contribution in [3.63, 3.8) is 0 Å². The van der Waals surface area contributed by atoms with E-state index >= 15 is 0 Å². The number of amides is 1. The molecule has 0 radical (unpaired) electrons. The Morgan fingerprint density at radius 2 is 1.70 bits per heavy atom. The van der Waals surface area contributed by atoms with Crippen molar-refractivity contribution in [3.05, 3.63) is 94.9 Å². The summed E-state index contributed by atoms with van der Waals surface area (Å²) in [6.07, 6.45) is 1.93. The van der Waals surface area contributed by atoms with E-state index in [0.717, 1.165) is 48.6 Å². The lowest BCUT2D eigenvalue weighted by molar-refractivity contribution is 0.0951. The van der Waals surface area contributed by atoms with Crippen molar-refractivity contribution in [2.24, 2.45) is 0 Å². The molecule has 0 spiro atoms. The molecular weight excluding hydrogens is 478 g/mol. The third-order valence-corrected chi connectivity index (χ3v) is 6.23. The highest BCUT2D eigenvalue weighted by Gasteiger charge is 2.16. The van der Waals surface area contributed by atoms with E-state index in [1.54, 1.807) is 0 Å². The van der Waals surface area contributed by atoms with E-state index in [-0.39, 0.29) is 5.91 Å². The number of pyridine rings is 1. The monoisotopic (exact) mass is 495 g/mol. The van der Waals surface area contributed by atoms with E-state index in [1.165, 1.54) is 0 Å². The van der Waals surface area contributed by atoms with E-state index in [2.05, 4.69) is 42.3 Å². The van der Waals surface area contributed by atoms with Gasteiger partial charge in [0.15, 0.2) is 0 Å². The van der Waals surface area contributed by atoms with Gasteiger partial charge in [0.05, 0.1) is 34.4 Å². The van der Waals surface area contributed by atoms with E-state index in [4.69, 9.17) is 4.98 Å². The first kappa shape index (κ1) is 19.7. The third-order valence-electron chi connectivity index (χ3n) is 5.74. The Hall–Kier alpha value is -3.97. The van der Waals surface area contributed by atoms with Gasteiger partial charge in [0, 0.05) is 32.5 Å². The molecule has 3 aromatic heterocycles. The zero-order valence-corrected chi connectivity index (χ0v) is 19.0. The summed E-state index contributed by atoms with van der Waals surface area (Å²) < 4.78 is 0.987. The topological polar surface area (TPSA) is 86.5 Å². The van der Waals surface area contributed by atoms with Gasteiger partial charge < -0.3 is 15.3 Å². The van der Waals surface area contributed by atoms with Crippen LogP contribution in [-0.4, -0.2) is 25.8 Å². The van der Waals surface area contributed by atoms with Gasteiger partial charge in [0.25, 0.3) is 5.91 Å². The summed E-state index contributed by atoms with van der Waals surface area (Å²) in [5.74, 6) is 0.543. The van der Waals surface area contributed by atoms with Crippen LogP contribution in [-0.2, 0) is 6.54 Å². The number of rotatable bonds is 4. The SMILES string of the molecule is O=C(NCc1nc2ccccc2[nH]1)c1cc(-c2c[nH]c3ccc(Br)cc23)nc2ccccc12. The lowest BCUT2D eigenvalue weighted by Crippen LogP contribution is -2.23. The first-order valence-corrected chi connectivity index (χ1v) is 11.3. The molecule has 0 bridgehead atoms. The predicted molar refractivity (Wildman–Crippen MR) is 134 cm³/mol. The molecule has 0 fully saturated rings. The zero-order valence-electron chi connectivity index (χ0n) is 17.4. The smallest absolute Gasteiger partial charge is 0.252 e. The number of H-pyrrole nitrogens is 2. The summed E-state index contributed by atoms with van der Waals surface area (Å²) in [5.41, 5.74) is 5.88. The van der Waals surface area contributed by atoms with Crippen molar-refractivity contribution < 1.29 is 4.79 Å². The van der Waals surface area contributed by atoms with Crippen LogP contribution in [0.2, 0.25) is 0 Å². The Balaban J connectivity index is 1.39. The number of halogens is 1. The van der Waals surface area contributed by atoms with Crippen LogP contribution in [0.5, 0.6) is 0 Å². The lowest BCUT2D eigenvalue weighted by Gasteiger charge is -2.10. The molecule has 0 aliphatic carbocycles. The lowest BCUT2D eigenvalue weighted by atomic mass is 10.0. The molecule has 0 aliphatic rings. The molecule has 3 N–H and O–H groups in total. The summed E-state index contributed by atoms with van der Waals surface area (Å²) in [7, 11) is 0. The summed E-state index contributed by atoms with van der Waals surface area (Å²) >= 11 is 3.55. The molecule has 6 aromatic rings. The summed E-state index contributed by atoms with van der Waals surface area (Å²) in [6.45, 7) is 0.305. The van der Waals surface area contributed by atoms with Crippen molar-refractivity contribution in [1.29, 1.82) is 0 Å². The fourth-order valence-electron chi connectivity index (χ4n) is 4.15. The highest BCUT2D eigenvalue weighted by molar-refractivity contribution is 9.10. The highest BCUT2D eigenvalue weighted by Crippen LogP contribution is 2.32. The number of hydrogen-bond acceptors (Lipinski definition) is 3. The normalized spacial score (nSPS) is 11.4. The predicted octanol–water partition coefficient (Wildman–Crippen LogP) is 5.95. The number of hydrogen-bond donors (Lipinski definition) is 3. The van der Waals surface area contributed by atoms with Gasteiger partial charge in [-0.15, -0.1) is 0 Å². The Morgan fingerprint density at radius 3 is 2.58 bits per heavy atom. The third kappa shape index (κ3) is 3.56. The minimum atomic E-state index is -0.170. The average Bonchev–Trinajstić information content (AvgIpc) is 3.45. The number of carbonyl (C=O) groups excluding carboxylic acids is 1. The molecule has 0 saturated heterocycles. The van der Waals surface area contributed by atoms with E-state index < -0.39 is 0 Å². The van der Waals surface area contributed by atoms with Crippen molar-refractivity contribution in [2.45, 2.75) is 6.54 Å². The fraction of sp³-hybridized carbons (Fsp3) is 0.0385. The molecule has 3 heterocycles. The van der Waals surface area contributed by atoms with Gasteiger partial charge in [-0.2, -0.15) is 0 Å². The van der Waals surface area contributed by atoms with Crippen molar-refractivity contribution in [2.75, 3.05) is 0 Å². The molecule has 0 unspecified atom stereocenters. The average molecular weight is 496 g/mol. The van der Waals surface area contributed by atoms with Crippen LogP contribution in [0.1, 0.15) is 16.2 Å². The van der Waals surface area contributed by atoms with Crippen LogP contribution in [0.3, 0.4) is 0 Å². The molecule has 7 heteroatoms. The summed E-state index contributed by atoms with van der Waals surface area (Å²) in [4.78, 5) is 29.2. The number of aromatic amines is 2. The maximum Gasteiger partial charge on any atom is 0.252 e. The number of carbonyl (C=O) groups is 1. The number of benzene rings is 3. The number of aromatic nitrogens is 4. The Labute approximate surface area is 197 Å².